The van der Waals surface area contributed by atoms with E-state index in [-0.39, 0.29) is 0 Å². The molecule has 1 atom stereocenters. The predicted molar refractivity (Wildman–Crippen MR) is 135 cm³/mol. The van der Waals surface area contributed by atoms with Gasteiger partial charge < -0.3 is 5.32 Å². The monoisotopic (exact) mass is 485 g/mol. The van der Waals surface area contributed by atoms with Crippen molar-refractivity contribution in [3.8, 4) is 0 Å². The molecule has 0 radical (unpaired) electrons. The van der Waals surface area contributed by atoms with Crippen molar-refractivity contribution in [3.63, 3.8) is 0 Å². The first-order valence-corrected chi connectivity index (χ1v) is 14.2. The number of anilines is 1. The molecule has 2 N–H and O–H groups in total. The van der Waals surface area contributed by atoms with Crippen molar-refractivity contribution in [2.45, 2.75) is 59.4 Å². The summed E-state index contributed by atoms with van der Waals surface area (Å²) in [5.41, 5.74) is 4.10. The lowest BCUT2D eigenvalue weighted by molar-refractivity contribution is -0.119. The molecule has 0 bridgehead atoms. The molecule has 1 rings (SSSR count). The van der Waals surface area contributed by atoms with Gasteiger partial charge in [-0.1, -0.05) is 34.9 Å². The second-order valence-electron chi connectivity index (χ2n) is 7.77. The van der Waals surface area contributed by atoms with Gasteiger partial charge >= 0.3 is 0 Å². The van der Waals surface area contributed by atoms with Gasteiger partial charge in [0.25, 0.3) is 5.91 Å². The molecule has 1 aromatic rings. The third kappa shape index (κ3) is 14.2. The van der Waals surface area contributed by atoms with Crippen LogP contribution in [0.1, 0.15) is 53.4 Å². The number of amides is 1. The lowest BCUT2D eigenvalue weighted by Gasteiger charge is -2.16. The molecule has 0 aromatic carbocycles. The van der Waals surface area contributed by atoms with Gasteiger partial charge in [-0.05, 0) is 53.4 Å². The highest BCUT2D eigenvalue weighted by Gasteiger charge is 2.22. The van der Waals surface area contributed by atoms with Gasteiger partial charge in [-0.2, -0.15) is 11.8 Å². The highest BCUT2D eigenvalue weighted by atomic mass is 32.2. The molecule has 31 heavy (non-hydrogen) atoms. The van der Waals surface area contributed by atoms with Crippen LogP contribution in [0.4, 0.5) is 5.13 Å². The third-order valence-corrected chi connectivity index (χ3v) is 6.54. The number of nitrogens with zero attached hydrogens (tertiary/aromatic N) is 1. The Morgan fingerprint density at radius 1 is 1.13 bits per heavy atom. The van der Waals surface area contributed by atoms with Crippen LogP contribution in [0.5, 0.6) is 0 Å². The predicted octanol–water partition coefficient (Wildman–Crippen LogP) is 5.15. The molecule has 0 spiro atoms. The number of hydrogen-bond acceptors (Lipinski definition) is 7. The molecule has 0 fully saturated rings. The summed E-state index contributed by atoms with van der Waals surface area (Å²) < 4.78 is 24.9. The van der Waals surface area contributed by atoms with E-state index in [0.717, 1.165) is 37.7 Å². The van der Waals surface area contributed by atoms with Crippen LogP contribution in [-0.4, -0.2) is 43.1 Å². The minimum atomic E-state index is -3.61. The minimum Gasteiger partial charge on any atom is -0.349 e. The first kappa shape index (κ1) is 27.5. The maximum Gasteiger partial charge on any atom is 0.256 e. The maximum atomic E-state index is 12.3. The van der Waals surface area contributed by atoms with Gasteiger partial charge in [0.2, 0.25) is 10.0 Å². The maximum absolute atomic E-state index is 12.3. The number of nitrogens with one attached hydrogen (secondary N) is 2. The smallest absolute Gasteiger partial charge is 0.256 e. The normalized spacial score (nSPS) is 13.6. The van der Waals surface area contributed by atoms with Crippen molar-refractivity contribution in [1.29, 1.82) is 0 Å². The van der Waals surface area contributed by atoms with E-state index in [0.29, 0.717) is 10.9 Å². The number of thioether (sulfide) groups is 1. The van der Waals surface area contributed by atoms with E-state index in [1.54, 1.807) is 23.3 Å². The van der Waals surface area contributed by atoms with Gasteiger partial charge in [0.1, 0.15) is 6.04 Å². The molecule has 174 valence electrons. The molecule has 9 heteroatoms. The van der Waals surface area contributed by atoms with Crippen LogP contribution >= 0.6 is 23.1 Å². The van der Waals surface area contributed by atoms with Gasteiger partial charge in [0.15, 0.2) is 5.13 Å². The molecular formula is C22H35N3O3S3. The van der Waals surface area contributed by atoms with E-state index in [2.05, 4.69) is 56.2 Å². The van der Waals surface area contributed by atoms with Crippen LogP contribution in [0, 0.1) is 0 Å². The van der Waals surface area contributed by atoms with Crippen LogP contribution in [0.15, 0.2) is 46.5 Å². The molecule has 0 saturated heterocycles. The van der Waals surface area contributed by atoms with E-state index < -0.39 is 22.0 Å². The minimum absolute atomic E-state index is 0.439. The lowest BCUT2D eigenvalue weighted by atomic mass is 10.1. The van der Waals surface area contributed by atoms with Crippen molar-refractivity contribution in [3.05, 3.63) is 46.5 Å². The molecule has 1 unspecified atom stereocenters. The zero-order valence-electron chi connectivity index (χ0n) is 19.1. The molecular weight excluding hydrogens is 450 g/mol. The second kappa shape index (κ2) is 14.5. The fraction of sp³-hybridized carbons (Fsp3) is 0.545. The Morgan fingerprint density at radius 3 is 2.35 bits per heavy atom. The van der Waals surface area contributed by atoms with Crippen molar-refractivity contribution < 1.29 is 13.2 Å². The first-order chi connectivity index (χ1) is 14.6. The van der Waals surface area contributed by atoms with Crippen LogP contribution < -0.4 is 10.0 Å². The van der Waals surface area contributed by atoms with E-state index in [4.69, 9.17) is 0 Å². The largest absolute Gasteiger partial charge is 0.349 e. The highest BCUT2D eigenvalue weighted by molar-refractivity contribution is 7.99. The van der Waals surface area contributed by atoms with Crippen LogP contribution in [0.2, 0.25) is 0 Å². The summed E-state index contributed by atoms with van der Waals surface area (Å²) in [5, 5.41) is 5.40. The summed E-state index contributed by atoms with van der Waals surface area (Å²) in [6.07, 6.45) is 13.6. The molecule has 1 aromatic heterocycles. The molecule has 0 saturated carbocycles. The number of carbonyl (C=O) groups excluding carboxylic acids is 1. The summed E-state index contributed by atoms with van der Waals surface area (Å²) in [6.45, 7) is 8.56. The lowest BCUT2D eigenvalue weighted by Crippen LogP contribution is -2.43. The third-order valence-electron chi connectivity index (χ3n) is 4.29. The fourth-order valence-corrected chi connectivity index (χ4v) is 4.71. The van der Waals surface area contributed by atoms with Crippen molar-refractivity contribution in [2.24, 2.45) is 0 Å². The average molecular weight is 486 g/mol. The van der Waals surface area contributed by atoms with Gasteiger partial charge in [-0.3, -0.25) is 9.52 Å². The zero-order chi connectivity index (χ0) is 23.3. The van der Waals surface area contributed by atoms with Crippen LogP contribution in [-0.2, 0) is 14.8 Å². The van der Waals surface area contributed by atoms with E-state index >= 15 is 0 Å². The molecule has 0 aliphatic carbocycles. The SMILES string of the molecule is CC(C)=CCCC(C)=CCCC(C)=CCSCC(Nc1nccs1)C(=O)NS(C)(=O)=O. The van der Waals surface area contributed by atoms with Gasteiger partial charge in [-0.15, -0.1) is 11.3 Å². The summed E-state index contributed by atoms with van der Waals surface area (Å²) in [5.74, 6) is 0.630. The number of thiazole rings is 1. The Labute approximate surface area is 195 Å². The Hall–Kier alpha value is -1.58. The average Bonchev–Trinajstić information content (AvgIpc) is 3.15. The highest BCUT2D eigenvalue weighted by Crippen LogP contribution is 2.16. The Kier molecular flexibility index (Phi) is 12.8. The molecule has 0 aliphatic rings. The Balaban J connectivity index is 2.46. The van der Waals surface area contributed by atoms with Crippen molar-refractivity contribution in [1.82, 2.24) is 9.71 Å². The number of aromatic nitrogens is 1. The summed E-state index contributed by atoms with van der Waals surface area (Å²) in [6, 6.07) is -0.675. The van der Waals surface area contributed by atoms with E-state index in [9.17, 15) is 13.2 Å². The second-order valence-corrected chi connectivity index (χ2v) is 11.5. The molecule has 0 aliphatic heterocycles. The summed E-state index contributed by atoms with van der Waals surface area (Å²) >= 11 is 2.95. The number of hydrogen-bond donors (Lipinski definition) is 2. The number of rotatable bonds is 14. The van der Waals surface area contributed by atoms with E-state index in [1.165, 1.54) is 28.1 Å². The fourth-order valence-electron chi connectivity index (χ4n) is 2.61. The molecule has 1 heterocycles. The van der Waals surface area contributed by atoms with Crippen LogP contribution in [0.25, 0.3) is 0 Å². The first-order valence-electron chi connectivity index (χ1n) is 10.3. The molecule has 6 nitrogen and oxygen atoms in total. The van der Waals surface area contributed by atoms with Gasteiger partial charge in [0, 0.05) is 23.1 Å². The Morgan fingerprint density at radius 2 is 1.77 bits per heavy atom. The van der Waals surface area contributed by atoms with E-state index in [1.807, 2.05) is 4.72 Å². The quantitative estimate of drug-likeness (QED) is 0.280. The van der Waals surface area contributed by atoms with Gasteiger partial charge in [0.05, 0.1) is 6.26 Å². The topological polar surface area (TPSA) is 88.2 Å². The van der Waals surface area contributed by atoms with Crippen molar-refractivity contribution >= 4 is 44.2 Å². The van der Waals surface area contributed by atoms with Gasteiger partial charge in [-0.25, -0.2) is 13.4 Å². The molecule has 1 amide bonds. The summed E-state index contributed by atoms with van der Waals surface area (Å²) in [4.78, 5) is 16.4. The van der Waals surface area contributed by atoms with Crippen LogP contribution in [0.3, 0.4) is 0 Å². The Bertz CT molecular complexity index is 869. The standard InChI is InChI=1S/C22H35N3O3S3/c1-17(2)8-6-9-18(3)10-7-11-19(4)12-14-29-16-20(21(26)25-31(5,27)28)24-22-23-13-15-30-22/h8,10,12-13,15,20H,6-7,9,11,14,16H2,1-5H3,(H,23,24)(H,25,26). The zero-order valence-corrected chi connectivity index (χ0v) is 21.6. The number of sulfonamides is 1. The number of allylic oxidation sites excluding steroid dienone is 5. The van der Waals surface area contributed by atoms with Crippen molar-refractivity contribution in [2.75, 3.05) is 23.1 Å². The summed E-state index contributed by atoms with van der Waals surface area (Å²) in [7, 11) is -3.61. The number of carbonyl (C=O) groups is 1.